The summed E-state index contributed by atoms with van der Waals surface area (Å²) in [7, 11) is 0. The number of hydrogen-bond donors (Lipinski definition) is 2. The Morgan fingerprint density at radius 3 is 2.73 bits per heavy atom. The second kappa shape index (κ2) is 8.78. The molecule has 4 rings (SSSR count). The zero-order valence-corrected chi connectivity index (χ0v) is 16.8. The molecule has 1 atom stereocenters. The summed E-state index contributed by atoms with van der Waals surface area (Å²) in [5.41, 5.74) is 5.05. The van der Waals surface area contributed by atoms with Gasteiger partial charge in [-0.3, -0.25) is 14.6 Å². The number of anilines is 2. The number of para-hydroxylation sites is 1. The minimum absolute atomic E-state index is 0.113. The van der Waals surface area contributed by atoms with E-state index in [0.717, 1.165) is 29.8 Å². The highest BCUT2D eigenvalue weighted by atomic mass is 16.2. The summed E-state index contributed by atoms with van der Waals surface area (Å²) in [6.07, 6.45) is 4.49. The molecule has 0 bridgehead atoms. The molecule has 6 heteroatoms. The van der Waals surface area contributed by atoms with E-state index in [0.29, 0.717) is 12.2 Å². The Labute approximate surface area is 175 Å². The Kier molecular flexibility index (Phi) is 5.75. The summed E-state index contributed by atoms with van der Waals surface area (Å²) in [6.45, 7) is 3.09. The SMILES string of the molecule is Cc1cccc(NC(=O)C(=O)NCC(c2cccnc2)N2CCc3ccccc32)c1. The van der Waals surface area contributed by atoms with Crippen LogP contribution in [0.15, 0.2) is 73.1 Å². The van der Waals surface area contributed by atoms with Gasteiger partial charge in [-0.25, -0.2) is 0 Å². The number of pyridine rings is 1. The van der Waals surface area contributed by atoms with Gasteiger partial charge in [-0.2, -0.15) is 0 Å². The molecule has 1 aromatic heterocycles. The van der Waals surface area contributed by atoms with E-state index in [1.807, 2.05) is 55.6 Å². The van der Waals surface area contributed by atoms with Crippen LogP contribution in [-0.2, 0) is 16.0 Å². The van der Waals surface area contributed by atoms with Crippen LogP contribution in [0, 0.1) is 6.92 Å². The number of amides is 2. The van der Waals surface area contributed by atoms with E-state index in [4.69, 9.17) is 0 Å². The zero-order chi connectivity index (χ0) is 20.9. The summed E-state index contributed by atoms with van der Waals surface area (Å²) in [5.74, 6) is -1.33. The fraction of sp³-hybridized carbons (Fsp3) is 0.208. The van der Waals surface area contributed by atoms with Gasteiger partial charge in [0.2, 0.25) is 0 Å². The number of benzene rings is 2. The first-order chi connectivity index (χ1) is 14.6. The number of fused-ring (bicyclic) bond motifs is 1. The number of aryl methyl sites for hydroxylation is 1. The van der Waals surface area contributed by atoms with Crippen LogP contribution < -0.4 is 15.5 Å². The lowest BCUT2D eigenvalue weighted by Crippen LogP contribution is -2.41. The van der Waals surface area contributed by atoms with Gasteiger partial charge in [0.15, 0.2) is 0 Å². The summed E-state index contributed by atoms with van der Waals surface area (Å²) < 4.78 is 0. The third-order valence-corrected chi connectivity index (χ3v) is 5.31. The maximum absolute atomic E-state index is 12.5. The number of hydrogen-bond acceptors (Lipinski definition) is 4. The summed E-state index contributed by atoms with van der Waals surface area (Å²) >= 11 is 0. The van der Waals surface area contributed by atoms with Crippen molar-refractivity contribution in [1.29, 1.82) is 0 Å². The first-order valence-electron chi connectivity index (χ1n) is 10.0. The number of aromatic nitrogens is 1. The highest BCUT2D eigenvalue weighted by Crippen LogP contribution is 2.34. The van der Waals surface area contributed by atoms with Crippen molar-refractivity contribution in [3.8, 4) is 0 Å². The number of rotatable bonds is 5. The number of carbonyl (C=O) groups excluding carboxylic acids is 2. The van der Waals surface area contributed by atoms with E-state index in [2.05, 4.69) is 32.7 Å². The fourth-order valence-electron chi connectivity index (χ4n) is 3.85. The minimum atomic E-state index is -0.674. The fourth-order valence-corrected chi connectivity index (χ4v) is 3.85. The quantitative estimate of drug-likeness (QED) is 0.645. The Balaban J connectivity index is 1.48. The molecule has 0 radical (unpaired) electrons. The average molecular weight is 400 g/mol. The van der Waals surface area contributed by atoms with Gasteiger partial charge in [0, 0.05) is 36.9 Å². The van der Waals surface area contributed by atoms with Crippen molar-refractivity contribution in [3.05, 3.63) is 89.7 Å². The van der Waals surface area contributed by atoms with Crippen molar-refractivity contribution >= 4 is 23.2 Å². The average Bonchev–Trinajstić information content (AvgIpc) is 3.18. The lowest BCUT2D eigenvalue weighted by molar-refractivity contribution is -0.136. The van der Waals surface area contributed by atoms with Crippen molar-refractivity contribution < 1.29 is 9.59 Å². The molecule has 6 nitrogen and oxygen atoms in total. The van der Waals surface area contributed by atoms with Crippen LogP contribution >= 0.6 is 0 Å². The van der Waals surface area contributed by atoms with E-state index >= 15 is 0 Å². The summed E-state index contributed by atoms with van der Waals surface area (Å²) in [5, 5.41) is 5.46. The van der Waals surface area contributed by atoms with Crippen molar-refractivity contribution in [2.45, 2.75) is 19.4 Å². The van der Waals surface area contributed by atoms with E-state index in [1.165, 1.54) is 5.56 Å². The predicted octanol–water partition coefficient (Wildman–Crippen LogP) is 3.25. The van der Waals surface area contributed by atoms with Crippen molar-refractivity contribution in [3.63, 3.8) is 0 Å². The molecule has 0 saturated carbocycles. The third kappa shape index (κ3) is 4.33. The molecule has 3 aromatic rings. The molecule has 2 N–H and O–H groups in total. The first-order valence-corrected chi connectivity index (χ1v) is 10.0. The molecule has 1 aliphatic heterocycles. The van der Waals surface area contributed by atoms with Gasteiger partial charge in [-0.05, 0) is 54.3 Å². The van der Waals surface area contributed by atoms with Gasteiger partial charge in [0.25, 0.3) is 0 Å². The molecule has 2 amide bonds. The summed E-state index contributed by atoms with van der Waals surface area (Å²) in [6, 6.07) is 19.4. The maximum atomic E-state index is 12.5. The van der Waals surface area contributed by atoms with Gasteiger partial charge in [0.1, 0.15) is 0 Å². The number of nitrogens with zero attached hydrogens (tertiary/aromatic N) is 2. The molecule has 152 valence electrons. The lowest BCUT2D eigenvalue weighted by atomic mass is 10.1. The highest BCUT2D eigenvalue weighted by Gasteiger charge is 2.28. The topological polar surface area (TPSA) is 74.3 Å². The van der Waals surface area contributed by atoms with Crippen LogP contribution in [0.1, 0.15) is 22.7 Å². The summed E-state index contributed by atoms with van der Waals surface area (Å²) in [4.78, 5) is 31.3. The Hall–Kier alpha value is -3.67. The standard InChI is InChI=1S/C24H24N4O2/c1-17-6-4-9-20(14-17)27-24(30)23(29)26-16-22(19-8-5-12-25-15-19)28-13-11-18-7-2-3-10-21(18)28/h2-10,12,14-15,22H,11,13,16H2,1H3,(H,26,29)(H,27,30). The minimum Gasteiger partial charge on any atom is -0.362 e. The van der Waals surface area contributed by atoms with Gasteiger partial charge in [-0.1, -0.05) is 36.4 Å². The van der Waals surface area contributed by atoms with Gasteiger partial charge >= 0.3 is 11.8 Å². The van der Waals surface area contributed by atoms with E-state index in [1.54, 1.807) is 12.3 Å². The molecule has 30 heavy (non-hydrogen) atoms. The van der Waals surface area contributed by atoms with Crippen LogP contribution in [0.3, 0.4) is 0 Å². The van der Waals surface area contributed by atoms with Crippen LogP contribution in [0.5, 0.6) is 0 Å². The van der Waals surface area contributed by atoms with Crippen molar-refractivity contribution in [1.82, 2.24) is 10.3 Å². The van der Waals surface area contributed by atoms with Crippen LogP contribution in [0.25, 0.3) is 0 Å². The zero-order valence-electron chi connectivity index (χ0n) is 16.8. The molecule has 2 aromatic carbocycles. The lowest BCUT2D eigenvalue weighted by Gasteiger charge is -2.30. The number of carbonyl (C=O) groups is 2. The molecule has 0 spiro atoms. The van der Waals surface area contributed by atoms with E-state index in [-0.39, 0.29) is 6.04 Å². The van der Waals surface area contributed by atoms with Crippen molar-refractivity contribution in [2.24, 2.45) is 0 Å². The Morgan fingerprint density at radius 2 is 1.93 bits per heavy atom. The van der Waals surface area contributed by atoms with Crippen LogP contribution in [0.2, 0.25) is 0 Å². The second-order valence-electron chi connectivity index (χ2n) is 7.41. The molecular formula is C24H24N4O2. The molecule has 0 aliphatic carbocycles. The normalized spacial score (nSPS) is 13.4. The van der Waals surface area contributed by atoms with Crippen LogP contribution in [0.4, 0.5) is 11.4 Å². The van der Waals surface area contributed by atoms with Gasteiger partial charge < -0.3 is 15.5 Å². The highest BCUT2D eigenvalue weighted by molar-refractivity contribution is 6.39. The molecule has 0 fully saturated rings. The van der Waals surface area contributed by atoms with E-state index in [9.17, 15) is 9.59 Å². The Morgan fingerprint density at radius 1 is 1.07 bits per heavy atom. The maximum Gasteiger partial charge on any atom is 0.313 e. The molecule has 1 unspecified atom stereocenters. The largest absolute Gasteiger partial charge is 0.362 e. The Bertz CT molecular complexity index is 1050. The molecular weight excluding hydrogens is 376 g/mol. The van der Waals surface area contributed by atoms with Crippen LogP contribution in [-0.4, -0.2) is 29.9 Å². The first kappa shape index (κ1) is 19.6. The van der Waals surface area contributed by atoms with Gasteiger partial charge in [-0.15, -0.1) is 0 Å². The molecule has 2 heterocycles. The van der Waals surface area contributed by atoms with E-state index < -0.39 is 11.8 Å². The number of nitrogens with one attached hydrogen (secondary N) is 2. The van der Waals surface area contributed by atoms with Crippen molar-refractivity contribution in [2.75, 3.05) is 23.3 Å². The molecule has 0 saturated heterocycles. The smallest absolute Gasteiger partial charge is 0.313 e. The van der Waals surface area contributed by atoms with Gasteiger partial charge in [0.05, 0.1) is 6.04 Å². The molecule has 1 aliphatic rings. The monoisotopic (exact) mass is 400 g/mol. The third-order valence-electron chi connectivity index (χ3n) is 5.31. The predicted molar refractivity (Wildman–Crippen MR) is 117 cm³/mol. The second-order valence-corrected chi connectivity index (χ2v) is 7.41.